The van der Waals surface area contributed by atoms with Crippen LogP contribution in [0.2, 0.25) is 0 Å². The van der Waals surface area contributed by atoms with Gasteiger partial charge in [0.25, 0.3) is 0 Å². The van der Waals surface area contributed by atoms with E-state index in [0.717, 1.165) is 73.3 Å². The highest BCUT2D eigenvalue weighted by molar-refractivity contribution is 6.12. The molecule has 0 saturated heterocycles. The summed E-state index contributed by atoms with van der Waals surface area (Å²) in [5, 5.41) is 2.37. The third kappa shape index (κ3) is 5.27. The van der Waals surface area contributed by atoms with Crippen LogP contribution in [-0.4, -0.2) is 21.2 Å². The summed E-state index contributed by atoms with van der Waals surface area (Å²) in [4.78, 5) is 13.9. The van der Waals surface area contributed by atoms with E-state index in [0.29, 0.717) is 6.67 Å². The lowest BCUT2D eigenvalue weighted by atomic mass is 9.85. The number of pyridine rings is 1. The molecule has 1 aliphatic rings. The van der Waals surface area contributed by atoms with Crippen molar-refractivity contribution in [2.75, 3.05) is 16.5 Å². The van der Waals surface area contributed by atoms with Crippen LogP contribution in [0.25, 0.3) is 38.8 Å². The van der Waals surface area contributed by atoms with Crippen molar-refractivity contribution in [2.24, 2.45) is 0 Å². The molecule has 0 atom stereocenters. The number of aromatic nitrogens is 3. The molecule has 3 aromatic heterocycles. The molecule has 53 heavy (non-hydrogen) atoms. The van der Waals surface area contributed by atoms with Gasteiger partial charge < -0.3 is 9.32 Å². The predicted molar refractivity (Wildman–Crippen MR) is 215 cm³/mol. The largest absolute Gasteiger partial charge is 0.425 e. The lowest BCUT2D eigenvalue weighted by Crippen LogP contribution is -2.24. The van der Waals surface area contributed by atoms with Crippen LogP contribution in [0.3, 0.4) is 0 Å². The van der Waals surface area contributed by atoms with Crippen LogP contribution in [0, 0.1) is 0 Å². The number of anilines is 4. The van der Waals surface area contributed by atoms with Gasteiger partial charge in [0.1, 0.15) is 12.5 Å². The van der Waals surface area contributed by atoms with E-state index in [2.05, 4.69) is 165 Å². The lowest BCUT2D eigenvalue weighted by Gasteiger charge is -2.23. The van der Waals surface area contributed by atoms with Gasteiger partial charge in [0, 0.05) is 28.3 Å². The Balaban J connectivity index is 1.22. The summed E-state index contributed by atoms with van der Waals surface area (Å²) in [6.07, 6.45) is 3.39. The first-order valence-electron chi connectivity index (χ1n) is 17.8. The number of nitrogens with zero attached hydrogens (tertiary/aromatic N) is 5. The number of benzene rings is 6. The maximum Gasteiger partial charge on any atom is 0.246 e. The highest BCUT2D eigenvalue weighted by Gasteiger charge is 2.33. The first-order valence-corrected chi connectivity index (χ1v) is 17.8. The Labute approximate surface area is 307 Å². The fraction of sp³-hybridized carbons (Fsp3) is 0.0213. The van der Waals surface area contributed by atoms with Crippen molar-refractivity contribution in [1.29, 1.82) is 0 Å². The normalized spacial score (nSPS) is 12.4. The first kappa shape index (κ1) is 30.6. The van der Waals surface area contributed by atoms with Crippen LogP contribution in [-0.2, 0) is 0 Å². The predicted octanol–water partition coefficient (Wildman–Crippen LogP) is 11.4. The molecule has 0 amide bonds. The summed E-state index contributed by atoms with van der Waals surface area (Å²) in [6.45, 7) is 0.578. The van der Waals surface area contributed by atoms with E-state index in [1.165, 1.54) is 17.2 Å². The van der Waals surface area contributed by atoms with E-state index in [4.69, 9.17) is 9.40 Å². The van der Waals surface area contributed by atoms with Crippen molar-refractivity contribution in [3.63, 3.8) is 0 Å². The van der Waals surface area contributed by atoms with Crippen molar-refractivity contribution in [2.45, 2.75) is 0 Å². The first-order chi connectivity index (χ1) is 26.3. The second-order valence-electron chi connectivity index (χ2n) is 13.1. The average Bonchev–Trinajstić information content (AvgIpc) is 3.94. The molecule has 0 N–H and O–H groups in total. The third-order valence-electron chi connectivity index (χ3n) is 10.0. The van der Waals surface area contributed by atoms with Crippen LogP contribution in [0.1, 0.15) is 22.3 Å². The minimum atomic E-state index is 0.578. The van der Waals surface area contributed by atoms with E-state index in [1.807, 2.05) is 36.5 Å². The highest BCUT2D eigenvalue weighted by atomic mass is 16.4. The van der Waals surface area contributed by atoms with Crippen LogP contribution in [0.5, 0.6) is 0 Å². The molecule has 9 aromatic rings. The van der Waals surface area contributed by atoms with Crippen LogP contribution in [0.15, 0.2) is 193 Å². The Kier molecular flexibility index (Phi) is 7.43. The molecule has 0 bridgehead atoms. The van der Waals surface area contributed by atoms with Crippen molar-refractivity contribution in [1.82, 2.24) is 14.5 Å². The monoisotopic (exact) mass is 683 g/mol. The molecule has 0 radical (unpaired) electrons. The van der Waals surface area contributed by atoms with Crippen LogP contribution >= 0.6 is 0 Å². The number of rotatable bonds is 7. The molecule has 252 valence electrons. The zero-order valence-electron chi connectivity index (χ0n) is 28.7. The van der Waals surface area contributed by atoms with Crippen LogP contribution in [0.4, 0.5) is 23.1 Å². The van der Waals surface area contributed by atoms with Gasteiger partial charge in [0.2, 0.25) is 5.88 Å². The van der Waals surface area contributed by atoms with E-state index >= 15 is 0 Å². The number of para-hydroxylation sites is 2. The van der Waals surface area contributed by atoms with Crippen molar-refractivity contribution >= 4 is 56.0 Å². The number of oxazole rings is 1. The summed E-state index contributed by atoms with van der Waals surface area (Å²) in [5.74, 6) is 2.42. The van der Waals surface area contributed by atoms with Gasteiger partial charge in [-0.25, -0.2) is 4.98 Å². The van der Waals surface area contributed by atoms with Crippen molar-refractivity contribution in [3.05, 3.63) is 211 Å². The van der Waals surface area contributed by atoms with Gasteiger partial charge in [-0.15, -0.1) is 0 Å². The SMILES string of the molecule is c1ccc(C(=C(c2cccc(N3CN(c4ccccc4)c4ocnc43)c2)c2ccc3c4ccccc4n(-c4ccccn4)c3c2)c2ccccc2)cc1. The Morgan fingerprint density at radius 1 is 0.472 bits per heavy atom. The average molecular weight is 684 g/mol. The Bertz CT molecular complexity index is 2710. The zero-order valence-corrected chi connectivity index (χ0v) is 28.7. The topological polar surface area (TPSA) is 50.3 Å². The molecule has 1 aliphatic heterocycles. The molecule has 0 saturated carbocycles. The molecule has 6 heteroatoms. The minimum Gasteiger partial charge on any atom is -0.425 e. The van der Waals surface area contributed by atoms with Gasteiger partial charge in [-0.3, -0.25) is 9.47 Å². The maximum atomic E-state index is 5.97. The molecular formula is C47H33N5O. The Morgan fingerprint density at radius 3 is 1.85 bits per heavy atom. The van der Waals surface area contributed by atoms with E-state index in [1.54, 1.807) is 0 Å². The summed E-state index contributed by atoms with van der Waals surface area (Å²) < 4.78 is 8.24. The Morgan fingerprint density at radius 2 is 1.09 bits per heavy atom. The molecular weight excluding hydrogens is 651 g/mol. The van der Waals surface area contributed by atoms with Gasteiger partial charge in [-0.05, 0) is 81.9 Å². The van der Waals surface area contributed by atoms with Gasteiger partial charge in [0.05, 0.1) is 11.0 Å². The van der Waals surface area contributed by atoms with Gasteiger partial charge in [-0.1, -0.05) is 127 Å². The zero-order chi connectivity index (χ0) is 35.1. The fourth-order valence-electron chi connectivity index (χ4n) is 7.70. The molecule has 0 fully saturated rings. The third-order valence-corrected chi connectivity index (χ3v) is 10.0. The van der Waals surface area contributed by atoms with Gasteiger partial charge in [-0.2, -0.15) is 4.98 Å². The Hall–Kier alpha value is -7.18. The van der Waals surface area contributed by atoms with Gasteiger partial charge >= 0.3 is 0 Å². The van der Waals surface area contributed by atoms with Crippen molar-refractivity contribution in [3.8, 4) is 5.82 Å². The second-order valence-corrected chi connectivity index (χ2v) is 13.1. The summed E-state index contributed by atoms with van der Waals surface area (Å²) in [5.41, 5.74) is 11.1. The molecule has 6 nitrogen and oxygen atoms in total. The summed E-state index contributed by atoms with van der Waals surface area (Å²) >= 11 is 0. The van der Waals surface area contributed by atoms with Gasteiger partial charge in [0.15, 0.2) is 12.2 Å². The molecule has 4 heterocycles. The standard InChI is InChI=1S/C47H33N5O/c1-4-15-33(16-5-1)44(34-17-6-2-7-18-34)45(36-26-27-40-39-23-10-11-24-41(39)52(42(40)30-36)43-25-12-13-28-48-43)35-19-14-22-38(29-35)50-32-51(37-20-8-3-9-21-37)47-46(50)49-31-53-47/h1-31H,32H2. The molecule has 0 spiro atoms. The molecule has 10 rings (SSSR count). The number of hydrogen-bond acceptors (Lipinski definition) is 5. The number of fused-ring (bicyclic) bond motifs is 4. The highest BCUT2D eigenvalue weighted by Crippen LogP contribution is 2.45. The van der Waals surface area contributed by atoms with Crippen molar-refractivity contribution < 1.29 is 4.42 Å². The molecule has 0 aliphatic carbocycles. The smallest absolute Gasteiger partial charge is 0.246 e. The maximum absolute atomic E-state index is 5.97. The minimum absolute atomic E-state index is 0.578. The van der Waals surface area contributed by atoms with Crippen LogP contribution < -0.4 is 9.80 Å². The fourth-order valence-corrected chi connectivity index (χ4v) is 7.70. The molecule has 0 unspecified atom stereocenters. The summed E-state index contributed by atoms with van der Waals surface area (Å²) in [7, 11) is 0. The van der Waals surface area contributed by atoms with E-state index in [-0.39, 0.29) is 0 Å². The van der Waals surface area contributed by atoms with E-state index in [9.17, 15) is 0 Å². The summed E-state index contributed by atoms with van der Waals surface area (Å²) in [6, 6.07) is 62.1. The number of hydrogen-bond donors (Lipinski definition) is 0. The second kappa shape index (κ2) is 12.9. The lowest BCUT2D eigenvalue weighted by molar-refractivity contribution is 0.559. The quantitative estimate of drug-likeness (QED) is 0.157. The van der Waals surface area contributed by atoms with E-state index < -0.39 is 0 Å². The molecule has 6 aromatic carbocycles.